The third-order valence-corrected chi connectivity index (χ3v) is 2.26. The van der Waals surface area contributed by atoms with E-state index in [9.17, 15) is 0 Å². The molecule has 1 heterocycles. The zero-order valence-corrected chi connectivity index (χ0v) is 8.62. The Morgan fingerprint density at radius 1 is 1.71 bits per heavy atom. The minimum atomic E-state index is 0.187. The van der Waals surface area contributed by atoms with E-state index in [0.717, 1.165) is 30.6 Å². The standard InChI is InChI=1S/C11H18N2O/c1-3-4-5-6-11(13-12)10-7-9(2)14-8-10/h3,7-8,11,13H,1,4-6,12H2,2H3. The van der Waals surface area contributed by atoms with Crippen LogP contribution in [0.5, 0.6) is 0 Å². The maximum absolute atomic E-state index is 5.48. The molecule has 1 rings (SSSR count). The smallest absolute Gasteiger partial charge is 0.101 e. The number of rotatable bonds is 6. The lowest BCUT2D eigenvalue weighted by molar-refractivity contribution is 0.485. The molecule has 3 heteroatoms. The summed E-state index contributed by atoms with van der Waals surface area (Å²) in [7, 11) is 0. The zero-order chi connectivity index (χ0) is 10.4. The molecule has 0 aliphatic carbocycles. The van der Waals surface area contributed by atoms with E-state index in [1.165, 1.54) is 0 Å². The van der Waals surface area contributed by atoms with Crippen LogP contribution in [-0.2, 0) is 0 Å². The van der Waals surface area contributed by atoms with Gasteiger partial charge < -0.3 is 4.42 Å². The summed E-state index contributed by atoms with van der Waals surface area (Å²) in [5.41, 5.74) is 3.92. The highest BCUT2D eigenvalue weighted by molar-refractivity contribution is 5.16. The summed E-state index contributed by atoms with van der Waals surface area (Å²) in [5.74, 6) is 6.40. The molecule has 1 aromatic heterocycles. The summed E-state index contributed by atoms with van der Waals surface area (Å²) in [5, 5.41) is 0. The van der Waals surface area contributed by atoms with E-state index in [1.807, 2.05) is 19.1 Å². The van der Waals surface area contributed by atoms with E-state index < -0.39 is 0 Å². The van der Waals surface area contributed by atoms with Crippen LogP contribution in [-0.4, -0.2) is 0 Å². The first-order chi connectivity index (χ1) is 6.77. The molecule has 0 saturated carbocycles. The zero-order valence-electron chi connectivity index (χ0n) is 8.62. The normalized spacial score (nSPS) is 12.7. The Hall–Kier alpha value is -1.06. The van der Waals surface area contributed by atoms with Gasteiger partial charge in [0.15, 0.2) is 0 Å². The molecule has 0 saturated heterocycles. The summed E-state index contributed by atoms with van der Waals surface area (Å²) in [6, 6.07) is 2.20. The van der Waals surface area contributed by atoms with Gasteiger partial charge in [0.1, 0.15) is 5.76 Å². The van der Waals surface area contributed by atoms with E-state index in [4.69, 9.17) is 10.3 Å². The molecule has 0 bridgehead atoms. The lowest BCUT2D eigenvalue weighted by Gasteiger charge is -2.12. The highest BCUT2D eigenvalue weighted by atomic mass is 16.3. The van der Waals surface area contributed by atoms with Crippen molar-refractivity contribution in [2.75, 3.05) is 0 Å². The Bertz CT molecular complexity index is 281. The van der Waals surface area contributed by atoms with E-state index >= 15 is 0 Å². The van der Waals surface area contributed by atoms with Crippen molar-refractivity contribution in [2.45, 2.75) is 32.2 Å². The molecule has 0 aliphatic rings. The van der Waals surface area contributed by atoms with Crippen LogP contribution >= 0.6 is 0 Å². The molecule has 0 radical (unpaired) electrons. The second-order valence-electron chi connectivity index (χ2n) is 3.43. The van der Waals surface area contributed by atoms with Crippen LogP contribution in [0.3, 0.4) is 0 Å². The fourth-order valence-corrected chi connectivity index (χ4v) is 1.46. The van der Waals surface area contributed by atoms with Gasteiger partial charge in [-0.25, -0.2) is 0 Å². The van der Waals surface area contributed by atoms with Gasteiger partial charge in [-0.3, -0.25) is 11.3 Å². The number of hydrazine groups is 1. The Labute approximate surface area is 85.0 Å². The monoisotopic (exact) mass is 194 g/mol. The van der Waals surface area contributed by atoms with E-state index in [-0.39, 0.29) is 6.04 Å². The first-order valence-electron chi connectivity index (χ1n) is 4.90. The van der Waals surface area contributed by atoms with Gasteiger partial charge in [0.2, 0.25) is 0 Å². The molecule has 14 heavy (non-hydrogen) atoms. The van der Waals surface area contributed by atoms with Gasteiger partial charge in [-0.15, -0.1) is 6.58 Å². The van der Waals surface area contributed by atoms with Crippen molar-refractivity contribution in [3.8, 4) is 0 Å². The third-order valence-electron chi connectivity index (χ3n) is 2.26. The summed E-state index contributed by atoms with van der Waals surface area (Å²) >= 11 is 0. The van der Waals surface area contributed by atoms with Crippen LogP contribution in [0, 0.1) is 6.92 Å². The van der Waals surface area contributed by atoms with Gasteiger partial charge in [0, 0.05) is 11.6 Å². The summed E-state index contributed by atoms with van der Waals surface area (Å²) in [6.07, 6.45) is 6.79. The van der Waals surface area contributed by atoms with E-state index in [0.29, 0.717) is 0 Å². The van der Waals surface area contributed by atoms with Gasteiger partial charge >= 0.3 is 0 Å². The molecule has 3 N–H and O–H groups in total. The quantitative estimate of drug-likeness (QED) is 0.316. The van der Waals surface area contributed by atoms with Crippen LogP contribution in [0.2, 0.25) is 0 Å². The fraction of sp³-hybridized carbons (Fsp3) is 0.455. The topological polar surface area (TPSA) is 51.2 Å². The predicted molar refractivity (Wildman–Crippen MR) is 57.6 cm³/mol. The van der Waals surface area contributed by atoms with Crippen LogP contribution in [0.15, 0.2) is 29.4 Å². The van der Waals surface area contributed by atoms with Crippen molar-refractivity contribution >= 4 is 0 Å². The molecule has 3 nitrogen and oxygen atoms in total. The summed E-state index contributed by atoms with van der Waals surface area (Å²) in [6.45, 7) is 5.62. The lowest BCUT2D eigenvalue weighted by atomic mass is 10.0. The van der Waals surface area contributed by atoms with Crippen LogP contribution in [0.25, 0.3) is 0 Å². The third kappa shape index (κ3) is 3.01. The molecule has 0 aromatic carbocycles. The predicted octanol–water partition coefficient (Wildman–Crippen LogP) is 2.45. The van der Waals surface area contributed by atoms with E-state index in [2.05, 4.69) is 12.0 Å². The maximum Gasteiger partial charge on any atom is 0.101 e. The fourth-order valence-electron chi connectivity index (χ4n) is 1.46. The summed E-state index contributed by atoms with van der Waals surface area (Å²) < 4.78 is 5.24. The largest absolute Gasteiger partial charge is 0.469 e. The number of allylic oxidation sites excluding steroid dienone is 1. The molecular formula is C11H18N2O. The highest BCUT2D eigenvalue weighted by Crippen LogP contribution is 2.20. The number of furan rings is 1. The first kappa shape index (κ1) is 11.0. The number of unbranched alkanes of at least 4 members (excludes halogenated alkanes) is 1. The maximum atomic E-state index is 5.48. The number of hydrogen-bond acceptors (Lipinski definition) is 3. The Balaban J connectivity index is 2.49. The second-order valence-corrected chi connectivity index (χ2v) is 3.43. The number of aryl methyl sites for hydroxylation is 1. The van der Waals surface area contributed by atoms with Crippen LogP contribution in [0.4, 0.5) is 0 Å². The van der Waals surface area contributed by atoms with Gasteiger partial charge in [-0.2, -0.15) is 0 Å². The number of nitrogens with one attached hydrogen (secondary N) is 1. The molecule has 78 valence electrons. The van der Waals surface area contributed by atoms with Gasteiger partial charge in [-0.05, 0) is 32.3 Å². The van der Waals surface area contributed by atoms with Crippen molar-refractivity contribution in [2.24, 2.45) is 5.84 Å². The SMILES string of the molecule is C=CCCCC(NN)c1coc(C)c1. The van der Waals surface area contributed by atoms with Crippen LogP contribution in [0.1, 0.15) is 36.6 Å². The average molecular weight is 194 g/mol. The number of hydrogen-bond donors (Lipinski definition) is 2. The summed E-state index contributed by atoms with van der Waals surface area (Å²) in [4.78, 5) is 0. The Morgan fingerprint density at radius 2 is 2.50 bits per heavy atom. The lowest BCUT2D eigenvalue weighted by Crippen LogP contribution is -2.27. The van der Waals surface area contributed by atoms with Crippen LogP contribution < -0.4 is 11.3 Å². The molecule has 1 atom stereocenters. The molecule has 0 aliphatic heterocycles. The van der Waals surface area contributed by atoms with Crippen molar-refractivity contribution in [3.05, 3.63) is 36.3 Å². The van der Waals surface area contributed by atoms with Gasteiger partial charge in [-0.1, -0.05) is 6.08 Å². The van der Waals surface area contributed by atoms with Gasteiger partial charge in [0.25, 0.3) is 0 Å². The van der Waals surface area contributed by atoms with Crippen molar-refractivity contribution in [1.29, 1.82) is 0 Å². The van der Waals surface area contributed by atoms with Crippen molar-refractivity contribution in [3.63, 3.8) is 0 Å². The highest BCUT2D eigenvalue weighted by Gasteiger charge is 2.10. The molecule has 1 unspecified atom stereocenters. The first-order valence-corrected chi connectivity index (χ1v) is 4.90. The molecule has 0 amide bonds. The van der Waals surface area contributed by atoms with Crippen molar-refractivity contribution in [1.82, 2.24) is 5.43 Å². The average Bonchev–Trinajstić information content (AvgIpc) is 2.60. The van der Waals surface area contributed by atoms with Crippen molar-refractivity contribution < 1.29 is 4.42 Å². The Morgan fingerprint density at radius 3 is 3.00 bits per heavy atom. The Kier molecular flexibility index (Phi) is 4.43. The molecular weight excluding hydrogens is 176 g/mol. The second kappa shape index (κ2) is 5.62. The minimum Gasteiger partial charge on any atom is -0.469 e. The minimum absolute atomic E-state index is 0.187. The molecule has 0 spiro atoms. The molecule has 0 fully saturated rings. The van der Waals surface area contributed by atoms with Gasteiger partial charge in [0.05, 0.1) is 6.26 Å². The molecule has 1 aromatic rings. The number of nitrogens with two attached hydrogens (primary N) is 1. The van der Waals surface area contributed by atoms with E-state index in [1.54, 1.807) is 6.26 Å².